The SMILES string of the molecule is CC1(C)Oc2cc(N3CCCC3=O)c(F)cc2-c2cnc(Nc3cnc4c(c3)N3C(=O)CC[C@H]3CO4)nc21. The van der Waals surface area contributed by atoms with Crippen LogP contribution in [0.4, 0.5) is 27.4 Å². The van der Waals surface area contributed by atoms with Gasteiger partial charge in [-0.2, -0.15) is 0 Å². The number of aromatic nitrogens is 3. The highest BCUT2D eigenvalue weighted by atomic mass is 19.1. The molecule has 4 aliphatic rings. The topological polar surface area (TPSA) is 110 Å². The molecule has 6 heterocycles. The first-order valence-electron chi connectivity index (χ1n) is 12.7. The summed E-state index contributed by atoms with van der Waals surface area (Å²) in [5, 5.41) is 3.17. The van der Waals surface area contributed by atoms with Crippen molar-refractivity contribution in [3.8, 4) is 22.8 Å². The van der Waals surface area contributed by atoms with Crippen LogP contribution in [0, 0.1) is 5.82 Å². The zero-order chi connectivity index (χ0) is 26.2. The maximum absolute atomic E-state index is 15.2. The van der Waals surface area contributed by atoms with Crippen LogP contribution < -0.4 is 24.6 Å². The van der Waals surface area contributed by atoms with E-state index in [0.29, 0.717) is 78.2 Å². The summed E-state index contributed by atoms with van der Waals surface area (Å²) in [6, 6.07) is 4.82. The summed E-state index contributed by atoms with van der Waals surface area (Å²) in [7, 11) is 0. The van der Waals surface area contributed by atoms with Crippen molar-refractivity contribution in [1.82, 2.24) is 15.0 Å². The van der Waals surface area contributed by atoms with E-state index in [9.17, 15) is 9.59 Å². The Morgan fingerprint density at radius 2 is 1.92 bits per heavy atom. The number of anilines is 4. The monoisotopic (exact) mass is 516 g/mol. The highest BCUT2D eigenvalue weighted by Crippen LogP contribution is 2.47. The normalized spacial score (nSPS) is 20.8. The van der Waals surface area contributed by atoms with Gasteiger partial charge in [-0.05, 0) is 38.8 Å². The molecule has 0 unspecified atom stereocenters. The molecule has 3 aromatic rings. The summed E-state index contributed by atoms with van der Waals surface area (Å²) in [5.41, 5.74) is 2.40. The summed E-state index contributed by atoms with van der Waals surface area (Å²) in [6.45, 7) is 4.70. The molecule has 1 aromatic carbocycles. The van der Waals surface area contributed by atoms with Crippen LogP contribution in [0.2, 0.25) is 0 Å². The first kappa shape index (κ1) is 22.9. The van der Waals surface area contributed by atoms with Gasteiger partial charge in [-0.3, -0.25) is 9.59 Å². The molecule has 10 nitrogen and oxygen atoms in total. The van der Waals surface area contributed by atoms with Gasteiger partial charge >= 0.3 is 0 Å². The molecule has 2 aromatic heterocycles. The first-order valence-corrected chi connectivity index (χ1v) is 12.7. The van der Waals surface area contributed by atoms with Crippen LogP contribution in [0.5, 0.6) is 11.6 Å². The molecule has 0 spiro atoms. The van der Waals surface area contributed by atoms with Crippen molar-refractivity contribution in [2.24, 2.45) is 0 Å². The Morgan fingerprint density at radius 1 is 1.05 bits per heavy atom. The van der Waals surface area contributed by atoms with Gasteiger partial charge in [0.25, 0.3) is 0 Å². The lowest BCUT2D eigenvalue weighted by molar-refractivity contribution is -0.118. The van der Waals surface area contributed by atoms with Crippen molar-refractivity contribution in [2.75, 3.05) is 28.3 Å². The second kappa shape index (κ2) is 8.11. The molecule has 2 amide bonds. The van der Waals surface area contributed by atoms with Crippen molar-refractivity contribution in [3.63, 3.8) is 0 Å². The lowest BCUT2D eigenvalue weighted by Gasteiger charge is -2.34. The van der Waals surface area contributed by atoms with Crippen LogP contribution in [-0.2, 0) is 15.2 Å². The minimum Gasteiger partial charge on any atom is -0.481 e. The Kier molecular flexibility index (Phi) is 4.88. The smallest absolute Gasteiger partial charge is 0.238 e. The number of nitrogens with zero attached hydrogens (tertiary/aromatic N) is 5. The summed E-state index contributed by atoms with van der Waals surface area (Å²) >= 11 is 0. The average Bonchev–Trinajstić information content (AvgIpc) is 3.49. The number of rotatable bonds is 3. The fourth-order valence-electron chi connectivity index (χ4n) is 5.70. The third-order valence-corrected chi connectivity index (χ3v) is 7.51. The van der Waals surface area contributed by atoms with Crippen LogP contribution in [0.3, 0.4) is 0 Å². The van der Waals surface area contributed by atoms with Gasteiger partial charge in [-0.15, -0.1) is 0 Å². The molecule has 1 N–H and O–H groups in total. The van der Waals surface area contributed by atoms with Crippen molar-refractivity contribution < 1.29 is 23.5 Å². The van der Waals surface area contributed by atoms with E-state index in [1.807, 2.05) is 19.9 Å². The first-order chi connectivity index (χ1) is 18.3. The molecule has 2 fully saturated rings. The van der Waals surface area contributed by atoms with Crippen LogP contribution in [0.15, 0.2) is 30.6 Å². The van der Waals surface area contributed by atoms with Crippen molar-refractivity contribution in [1.29, 1.82) is 0 Å². The van der Waals surface area contributed by atoms with Crippen LogP contribution in [0.1, 0.15) is 45.2 Å². The molecule has 7 rings (SSSR count). The largest absolute Gasteiger partial charge is 0.481 e. The van der Waals surface area contributed by atoms with Gasteiger partial charge in [0.1, 0.15) is 29.5 Å². The molecule has 0 saturated carbocycles. The van der Waals surface area contributed by atoms with Crippen LogP contribution in [-0.4, -0.2) is 46.0 Å². The summed E-state index contributed by atoms with van der Waals surface area (Å²) in [5.74, 6) is 0.694. The highest BCUT2D eigenvalue weighted by molar-refractivity contribution is 5.98. The van der Waals surface area contributed by atoms with E-state index in [1.54, 1.807) is 23.4 Å². The number of halogens is 1. The number of carbonyl (C=O) groups excluding carboxylic acids is 2. The molecular formula is C27H25FN6O4. The van der Waals surface area contributed by atoms with Gasteiger partial charge in [-0.25, -0.2) is 19.3 Å². The van der Waals surface area contributed by atoms with Gasteiger partial charge < -0.3 is 24.6 Å². The number of hydrogen-bond acceptors (Lipinski definition) is 8. The molecule has 2 saturated heterocycles. The molecule has 0 radical (unpaired) electrons. The number of benzene rings is 1. The number of pyridine rings is 1. The second-order valence-electron chi connectivity index (χ2n) is 10.5. The van der Waals surface area contributed by atoms with Gasteiger partial charge in [0.15, 0.2) is 0 Å². The number of fused-ring (bicyclic) bond motifs is 6. The van der Waals surface area contributed by atoms with Gasteiger partial charge in [-0.1, -0.05) is 0 Å². The molecule has 0 aliphatic carbocycles. The minimum atomic E-state index is -0.844. The second-order valence-corrected chi connectivity index (χ2v) is 10.5. The Morgan fingerprint density at radius 3 is 2.74 bits per heavy atom. The third-order valence-electron chi connectivity index (χ3n) is 7.51. The fourth-order valence-corrected chi connectivity index (χ4v) is 5.70. The molecule has 1 atom stereocenters. The van der Waals surface area contributed by atoms with E-state index in [1.165, 1.54) is 11.0 Å². The third kappa shape index (κ3) is 3.48. The van der Waals surface area contributed by atoms with Gasteiger partial charge in [0.05, 0.1) is 29.3 Å². The van der Waals surface area contributed by atoms with Crippen LogP contribution >= 0.6 is 0 Å². The maximum atomic E-state index is 15.2. The van der Waals surface area contributed by atoms with Crippen molar-refractivity contribution >= 4 is 34.8 Å². The zero-order valence-corrected chi connectivity index (χ0v) is 21.0. The van der Waals surface area contributed by atoms with E-state index < -0.39 is 11.4 Å². The van der Waals surface area contributed by atoms with E-state index in [4.69, 9.17) is 14.5 Å². The number of ether oxygens (including phenoxy) is 2. The molecule has 0 bridgehead atoms. The minimum absolute atomic E-state index is 0.0227. The summed E-state index contributed by atoms with van der Waals surface area (Å²) < 4.78 is 27.2. The van der Waals surface area contributed by atoms with E-state index in [2.05, 4.69) is 15.3 Å². The maximum Gasteiger partial charge on any atom is 0.238 e. The van der Waals surface area contributed by atoms with Crippen LogP contribution in [0.25, 0.3) is 11.1 Å². The number of hydrogen-bond donors (Lipinski definition) is 1. The predicted octanol–water partition coefficient (Wildman–Crippen LogP) is 4.06. The molecular weight excluding hydrogens is 491 g/mol. The van der Waals surface area contributed by atoms with Crippen molar-refractivity contribution in [3.05, 3.63) is 42.1 Å². The van der Waals surface area contributed by atoms with E-state index >= 15 is 4.39 Å². The Bertz CT molecular complexity index is 1530. The average molecular weight is 517 g/mol. The number of amides is 2. The Labute approximate surface area is 217 Å². The van der Waals surface area contributed by atoms with E-state index in [-0.39, 0.29) is 23.5 Å². The summed E-state index contributed by atoms with van der Waals surface area (Å²) in [6.07, 6.45) is 5.62. The zero-order valence-electron chi connectivity index (χ0n) is 21.0. The number of carbonyl (C=O) groups is 2. The summed E-state index contributed by atoms with van der Waals surface area (Å²) in [4.78, 5) is 41.5. The lowest BCUT2D eigenvalue weighted by atomic mass is 9.91. The Hall–Kier alpha value is -4.28. The molecule has 38 heavy (non-hydrogen) atoms. The van der Waals surface area contributed by atoms with Gasteiger partial charge in [0.2, 0.25) is 23.6 Å². The lowest BCUT2D eigenvalue weighted by Crippen LogP contribution is -2.40. The molecule has 11 heteroatoms. The van der Waals surface area contributed by atoms with Crippen molar-refractivity contribution in [2.45, 2.75) is 51.2 Å². The quantitative estimate of drug-likeness (QED) is 0.555. The highest BCUT2D eigenvalue weighted by Gasteiger charge is 2.39. The number of nitrogens with one attached hydrogen (secondary N) is 1. The van der Waals surface area contributed by atoms with E-state index in [0.717, 1.165) is 6.42 Å². The molecule has 4 aliphatic heterocycles. The van der Waals surface area contributed by atoms with Gasteiger partial charge in [0, 0.05) is 42.8 Å². The predicted molar refractivity (Wildman–Crippen MR) is 136 cm³/mol. The fraction of sp³-hybridized carbons (Fsp3) is 0.370. The Balaban J connectivity index is 1.23. The standard InChI is InChI=1S/C27H25FN6O4/c1-27(2)24-17(16-9-18(28)19(10-21(16)38-27)33-7-3-4-22(33)35)12-30-26(32-24)31-14-8-20-25(29-11-14)37-13-15-5-6-23(36)34(15)20/h8-12,15H,3-7,13H2,1-2H3,(H,30,31,32)/t15-/m0/s1. The molecule has 194 valence electrons.